The molecule has 0 amide bonds. The Morgan fingerprint density at radius 2 is 2.21 bits per heavy atom. The van der Waals surface area contributed by atoms with Gasteiger partial charge in [0.1, 0.15) is 5.82 Å². The molecule has 0 aromatic carbocycles. The largest absolute Gasteiger partial charge is 0.383 e. The van der Waals surface area contributed by atoms with Crippen LogP contribution in [0, 0.1) is 5.92 Å². The van der Waals surface area contributed by atoms with Gasteiger partial charge < -0.3 is 5.73 Å². The zero-order chi connectivity index (χ0) is 10.1. The van der Waals surface area contributed by atoms with E-state index in [9.17, 15) is 0 Å². The molecule has 1 fully saturated rings. The fraction of sp³-hybridized carbons (Fsp3) is 0.700. The average molecular weight is 258 g/mol. The summed E-state index contributed by atoms with van der Waals surface area (Å²) in [4.78, 5) is 0. The maximum absolute atomic E-state index is 5.92. The lowest BCUT2D eigenvalue weighted by Crippen LogP contribution is -2.17. The molecule has 78 valence electrons. The second-order valence-corrected chi connectivity index (χ2v) is 4.96. The highest BCUT2D eigenvalue weighted by molar-refractivity contribution is 9.10. The van der Waals surface area contributed by atoms with Crippen molar-refractivity contribution < 1.29 is 0 Å². The van der Waals surface area contributed by atoms with Crippen molar-refractivity contribution in [2.24, 2.45) is 5.92 Å². The molecule has 2 rings (SSSR count). The topological polar surface area (TPSA) is 43.8 Å². The molecule has 0 saturated heterocycles. The minimum Gasteiger partial charge on any atom is -0.383 e. The van der Waals surface area contributed by atoms with Crippen molar-refractivity contribution in [2.75, 3.05) is 5.73 Å². The predicted octanol–water partition coefficient (Wildman–Crippen LogP) is 2.98. The number of halogens is 1. The summed E-state index contributed by atoms with van der Waals surface area (Å²) in [7, 11) is 0. The van der Waals surface area contributed by atoms with Crippen LogP contribution in [0.1, 0.15) is 38.6 Å². The molecule has 1 aromatic rings. The number of anilines is 1. The molecule has 1 heterocycles. The van der Waals surface area contributed by atoms with Crippen LogP contribution in [0.2, 0.25) is 0 Å². The maximum atomic E-state index is 5.92. The summed E-state index contributed by atoms with van der Waals surface area (Å²) in [6.45, 7) is 2.21. The SMILES string of the molecule is CC(C1CCCC1)n1ncc(Br)c1N. The third kappa shape index (κ3) is 1.67. The van der Waals surface area contributed by atoms with Crippen molar-refractivity contribution in [3.05, 3.63) is 10.7 Å². The molecule has 0 bridgehead atoms. The summed E-state index contributed by atoms with van der Waals surface area (Å²) in [5.74, 6) is 1.51. The monoisotopic (exact) mass is 257 g/mol. The molecule has 4 heteroatoms. The van der Waals surface area contributed by atoms with E-state index in [0.717, 1.165) is 16.2 Å². The Bertz CT molecular complexity index is 315. The number of hydrogen-bond acceptors (Lipinski definition) is 2. The van der Waals surface area contributed by atoms with E-state index in [1.165, 1.54) is 25.7 Å². The fourth-order valence-corrected chi connectivity index (χ4v) is 2.59. The van der Waals surface area contributed by atoms with E-state index in [0.29, 0.717) is 6.04 Å². The van der Waals surface area contributed by atoms with Gasteiger partial charge in [-0.25, -0.2) is 4.68 Å². The van der Waals surface area contributed by atoms with E-state index in [1.807, 2.05) is 4.68 Å². The molecule has 2 N–H and O–H groups in total. The quantitative estimate of drug-likeness (QED) is 0.886. The molecule has 1 aliphatic rings. The van der Waals surface area contributed by atoms with Crippen LogP contribution in [0.15, 0.2) is 10.7 Å². The van der Waals surface area contributed by atoms with Gasteiger partial charge in [-0.2, -0.15) is 5.10 Å². The van der Waals surface area contributed by atoms with Crippen LogP contribution >= 0.6 is 15.9 Å². The van der Waals surface area contributed by atoms with Crippen molar-refractivity contribution >= 4 is 21.7 Å². The first-order valence-corrected chi connectivity index (χ1v) is 5.98. The van der Waals surface area contributed by atoms with Crippen LogP contribution in [0.25, 0.3) is 0 Å². The third-order valence-electron chi connectivity index (χ3n) is 3.25. The Balaban J connectivity index is 2.17. The molecular formula is C10H16BrN3. The molecule has 0 aliphatic heterocycles. The predicted molar refractivity (Wildman–Crippen MR) is 61.0 cm³/mol. The molecule has 3 nitrogen and oxygen atoms in total. The lowest BCUT2D eigenvalue weighted by Gasteiger charge is -2.20. The summed E-state index contributed by atoms with van der Waals surface area (Å²) in [6.07, 6.45) is 7.13. The van der Waals surface area contributed by atoms with E-state index < -0.39 is 0 Å². The lowest BCUT2D eigenvalue weighted by atomic mass is 10.0. The molecule has 0 spiro atoms. The van der Waals surface area contributed by atoms with Gasteiger partial charge in [0.05, 0.1) is 16.7 Å². The van der Waals surface area contributed by atoms with Crippen molar-refractivity contribution in [2.45, 2.75) is 38.6 Å². The second kappa shape index (κ2) is 3.93. The van der Waals surface area contributed by atoms with Crippen LogP contribution in [0.5, 0.6) is 0 Å². The van der Waals surface area contributed by atoms with Gasteiger partial charge in [-0.3, -0.25) is 0 Å². The Kier molecular flexibility index (Phi) is 2.81. The first-order valence-electron chi connectivity index (χ1n) is 5.18. The van der Waals surface area contributed by atoms with E-state index in [1.54, 1.807) is 6.20 Å². The molecule has 1 saturated carbocycles. The summed E-state index contributed by atoms with van der Waals surface area (Å²) in [6, 6.07) is 0.434. The molecule has 1 aliphatic carbocycles. The highest BCUT2D eigenvalue weighted by Gasteiger charge is 2.24. The number of rotatable bonds is 2. The van der Waals surface area contributed by atoms with Crippen LogP contribution in [-0.2, 0) is 0 Å². The number of aromatic nitrogens is 2. The van der Waals surface area contributed by atoms with Crippen molar-refractivity contribution in [1.82, 2.24) is 9.78 Å². The van der Waals surface area contributed by atoms with Crippen LogP contribution in [-0.4, -0.2) is 9.78 Å². The Morgan fingerprint density at radius 1 is 1.57 bits per heavy atom. The molecule has 1 aromatic heterocycles. The molecular weight excluding hydrogens is 242 g/mol. The Labute approximate surface area is 92.8 Å². The van der Waals surface area contributed by atoms with Gasteiger partial charge in [-0.05, 0) is 41.6 Å². The fourth-order valence-electron chi connectivity index (χ4n) is 2.31. The van der Waals surface area contributed by atoms with Crippen LogP contribution in [0.4, 0.5) is 5.82 Å². The van der Waals surface area contributed by atoms with E-state index in [2.05, 4.69) is 28.0 Å². The van der Waals surface area contributed by atoms with E-state index >= 15 is 0 Å². The van der Waals surface area contributed by atoms with Crippen LogP contribution in [0.3, 0.4) is 0 Å². The third-order valence-corrected chi connectivity index (χ3v) is 3.87. The van der Waals surface area contributed by atoms with Gasteiger partial charge in [0.2, 0.25) is 0 Å². The van der Waals surface area contributed by atoms with Crippen molar-refractivity contribution in [3.63, 3.8) is 0 Å². The molecule has 14 heavy (non-hydrogen) atoms. The minimum atomic E-state index is 0.434. The number of nitrogens with two attached hydrogens (primary N) is 1. The van der Waals surface area contributed by atoms with Gasteiger partial charge in [-0.1, -0.05) is 12.8 Å². The van der Waals surface area contributed by atoms with Crippen LogP contribution < -0.4 is 5.73 Å². The normalized spacial score (nSPS) is 20.1. The van der Waals surface area contributed by atoms with E-state index in [-0.39, 0.29) is 0 Å². The molecule has 0 radical (unpaired) electrons. The summed E-state index contributed by atoms with van der Waals surface area (Å²) in [5, 5.41) is 4.30. The van der Waals surface area contributed by atoms with Gasteiger partial charge in [0.15, 0.2) is 0 Å². The summed E-state index contributed by atoms with van der Waals surface area (Å²) in [5.41, 5.74) is 5.92. The van der Waals surface area contributed by atoms with Gasteiger partial charge in [0.25, 0.3) is 0 Å². The number of nitrogen functional groups attached to an aromatic ring is 1. The van der Waals surface area contributed by atoms with Gasteiger partial charge in [0, 0.05) is 0 Å². The van der Waals surface area contributed by atoms with Gasteiger partial charge in [-0.15, -0.1) is 0 Å². The highest BCUT2D eigenvalue weighted by atomic mass is 79.9. The average Bonchev–Trinajstić information content (AvgIpc) is 2.77. The zero-order valence-electron chi connectivity index (χ0n) is 8.41. The Hall–Kier alpha value is -0.510. The minimum absolute atomic E-state index is 0.434. The molecule has 1 unspecified atom stereocenters. The Morgan fingerprint density at radius 3 is 2.71 bits per heavy atom. The number of nitrogens with zero attached hydrogens (tertiary/aromatic N) is 2. The second-order valence-electron chi connectivity index (χ2n) is 4.11. The maximum Gasteiger partial charge on any atom is 0.136 e. The highest BCUT2D eigenvalue weighted by Crippen LogP contribution is 2.35. The standard InChI is InChI=1S/C10H16BrN3/c1-7(8-4-2-3-5-8)14-10(12)9(11)6-13-14/h6-8H,2-5,12H2,1H3. The zero-order valence-corrected chi connectivity index (χ0v) is 10.00. The summed E-state index contributed by atoms with van der Waals surface area (Å²) >= 11 is 3.38. The van der Waals surface area contributed by atoms with Crippen molar-refractivity contribution in [1.29, 1.82) is 0 Å². The first kappa shape index (κ1) is 10.0. The molecule has 1 atom stereocenters. The number of hydrogen-bond donors (Lipinski definition) is 1. The summed E-state index contributed by atoms with van der Waals surface area (Å²) < 4.78 is 2.85. The van der Waals surface area contributed by atoms with E-state index in [4.69, 9.17) is 5.73 Å². The van der Waals surface area contributed by atoms with Gasteiger partial charge >= 0.3 is 0 Å². The first-order chi connectivity index (χ1) is 6.70. The van der Waals surface area contributed by atoms with Crippen molar-refractivity contribution in [3.8, 4) is 0 Å². The smallest absolute Gasteiger partial charge is 0.136 e. The lowest BCUT2D eigenvalue weighted by molar-refractivity contribution is 0.339.